The molecule has 0 aliphatic carbocycles. The Kier molecular flexibility index (Phi) is 4.97. The van der Waals surface area contributed by atoms with E-state index in [0.29, 0.717) is 11.4 Å². The van der Waals surface area contributed by atoms with Crippen LogP contribution < -0.4 is 11.1 Å². The summed E-state index contributed by atoms with van der Waals surface area (Å²) in [7, 11) is 0. The van der Waals surface area contributed by atoms with Gasteiger partial charge in [0.1, 0.15) is 5.82 Å². The third-order valence-corrected chi connectivity index (χ3v) is 4.50. The van der Waals surface area contributed by atoms with Crippen LogP contribution >= 0.6 is 23.3 Å². The number of carbonyl (C=O) groups excluding carboxylic acids is 1. The fourth-order valence-corrected chi connectivity index (χ4v) is 3.02. The van der Waals surface area contributed by atoms with E-state index in [2.05, 4.69) is 14.7 Å². The summed E-state index contributed by atoms with van der Waals surface area (Å²) in [5.41, 5.74) is 8.09. The van der Waals surface area contributed by atoms with Gasteiger partial charge in [-0.25, -0.2) is 4.98 Å². The number of aromatic nitrogens is 2. The number of thioether (sulfide) groups is 1. The van der Waals surface area contributed by atoms with Gasteiger partial charge in [-0.05, 0) is 36.2 Å². The average Bonchev–Trinajstić information content (AvgIpc) is 2.89. The zero-order chi connectivity index (χ0) is 14.5. The molecule has 1 amide bonds. The lowest BCUT2D eigenvalue weighted by Gasteiger charge is -2.08. The Balaban J connectivity index is 1.90. The SMILES string of the molecule is CCc1nsc(SCC(=O)Nc2cc(N)ccc2C)n1. The van der Waals surface area contributed by atoms with Gasteiger partial charge in [0, 0.05) is 17.8 Å². The number of nitrogens with two attached hydrogens (primary N) is 1. The van der Waals surface area contributed by atoms with Gasteiger partial charge < -0.3 is 11.1 Å². The molecule has 1 aromatic carbocycles. The number of nitrogen functional groups attached to an aromatic ring is 1. The van der Waals surface area contributed by atoms with E-state index < -0.39 is 0 Å². The van der Waals surface area contributed by atoms with Crippen molar-refractivity contribution in [1.29, 1.82) is 0 Å². The summed E-state index contributed by atoms with van der Waals surface area (Å²) in [6.45, 7) is 3.94. The predicted molar refractivity (Wildman–Crippen MR) is 84.2 cm³/mol. The number of nitrogens with zero attached hydrogens (tertiary/aromatic N) is 2. The first-order valence-corrected chi connectivity index (χ1v) is 7.95. The van der Waals surface area contributed by atoms with E-state index in [1.807, 2.05) is 26.0 Å². The Morgan fingerprint density at radius 3 is 3.00 bits per heavy atom. The van der Waals surface area contributed by atoms with E-state index in [9.17, 15) is 4.79 Å². The van der Waals surface area contributed by atoms with Crippen LogP contribution in [-0.4, -0.2) is 21.0 Å². The Labute approximate surface area is 126 Å². The molecule has 2 aromatic rings. The highest BCUT2D eigenvalue weighted by Crippen LogP contribution is 2.22. The van der Waals surface area contributed by atoms with Crippen LogP contribution in [0.1, 0.15) is 18.3 Å². The maximum Gasteiger partial charge on any atom is 0.234 e. The third kappa shape index (κ3) is 3.94. The topological polar surface area (TPSA) is 80.9 Å². The molecule has 0 saturated carbocycles. The number of hydrogen-bond donors (Lipinski definition) is 2. The van der Waals surface area contributed by atoms with Gasteiger partial charge in [-0.3, -0.25) is 4.79 Å². The quantitative estimate of drug-likeness (QED) is 0.655. The lowest BCUT2D eigenvalue weighted by Crippen LogP contribution is -2.15. The van der Waals surface area contributed by atoms with E-state index in [-0.39, 0.29) is 5.91 Å². The largest absolute Gasteiger partial charge is 0.399 e. The number of aryl methyl sites for hydroxylation is 2. The van der Waals surface area contributed by atoms with Gasteiger partial charge in [0.25, 0.3) is 0 Å². The second-order valence-corrected chi connectivity index (χ2v) is 6.22. The van der Waals surface area contributed by atoms with Gasteiger partial charge in [-0.15, -0.1) is 0 Å². The molecule has 106 valence electrons. The average molecular weight is 308 g/mol. The zero-order valence-corrected chi connectivity index (χ0v) is 13.0. The zero-order valence-electron chi connectivity index (χ0n) is 11.3. The van der Waals surface area contributed by atoms with Gasteiger partial charge in [0.2, 0.25) is 5.91 Å². The van der Waals surface area contributed by atoms with Crippen molar-refractivity contribution in [1.82, 2.24) is 9.36 Å². The molecule has 2 rings (SSSR count). The molecule has 0 saturated heterocycles. The monoisotopic (exact) mass is 308 g/mol. The lowest BCUT2D eigenvalue weighted by atomic mass is 10.2. The number of rotatable bonds is 5. The first kappa shape index (κ1) is 14.8. The molecular formula is C13H16N4OS2. The van der Waals surface area contributed by atoms with Crippen molar-refractivity contribution in [2.45, 2.75) is 24.6 Å². The summed E-state index contributed by atoms with van der Waals surface area (Å²) in [6, 6.07) is 5.46. The molecule has 5 nitrogen and oxygen atoms in total. The van der Waals surface area contributed by atoms with Crippen LogP contribution in [0.25, 0.3) is 0 Å². The minimum Gasteiger partial charge on any atom is -0.399 e. The maximum absolute atomic E-state index is 11.9. The second-order valence-electron chi connectivity index (χ2n) is 4.24. The summed E-state index contributed by atoms with van der Waals surface area (Å²) < 4.78 is 5.00. The molecule has 20 heavy (non-hydrogen) atoms. The van der Waals surface area contributed by atoms with Crippen molar-refractivity contribution in [2.24, 2.45) is 0 Å². The highest BCUT2D eigenvalue weighted by molar-refractivity contribution is 8.01. The van der Waals surface area contributed by atoms with Crippen LogP contribution in [0.2, 0.25) is 0 Å². The van der Waals surface area contributed by atoms with Gasteiger partial charge in [-0.2, -0.15) is 4.37 Å². The number of carbonyl (C=O) groups is 1. The molecule has 1 heterocycles. The molecule has 0 aliphatic heterocycles. The molecule has 0 fully saturated rings. The smallest absolute Gasteiger partial charge is 0.234 e. The lowest BCUT2D eigenvalue weighted by molar-refractivity contribution is -0.113. The molecule has 1 aromatic heterocycles. The van der Waals surface area contributed by atoms with Gasteiger partial charge in [-0.1, -0.05) is 24.8 Å². The number of amides is 1. The molecule has 0 spiro atoms. The summed E-state index contributed by atoms with van der Waals surface area (Å²) in [5.74, 6) is 1.06. The van der Waals surface area contributed by atoms with Crippen LogP contribution in [0.3, 0.4) is 0 Å². The van der Waals surface area contributed by atoms with Crippen LogP contribution in [0.4, 0.5) is 11.4 Å². The minimum absolute atomic E-state index is 0.0723. The molecule has 0 atom stereocenters. The van der Waals surface area contributed by atoms with E-state index in [4.69, 9.17) is 5.73 Å². The molecule has 0 bridgehead atoms. The minimum atomic E-state index is -0.0723. The van der Waals surface area contributed by atoms with Crippen molar-refractivity contribution in [3.8, 4) is 0 Å². The third-order valence-electron chi connectivity index (χ3n) is 2.63. The molecule has 0 radical (unpaired) electrons. The summed E-state index contributed by atoms with van der Waals surface area (Å²) >= 11 is 2.73. The van der Waals surface area contributed by atoms with Gasteiger partial charge >= 0.3 is 0 Å². The van der Waals surface area contributed by atoms with E-state index in [1.165, 1.54) is 23.3 Å². The highest BCUT2D eigenvalue weighted by Gasteiger charge is 2.09. The number of anilines is 2. The first-order chi connectivity index (χ1) is 9.58. The first-order valence-electron chi connectivity index (χ1n) is 6.20. The van der Waals surface area contributed by atoms with Crippen molar-refractivity contribution in [2.75, 3.05) is 16.8 Å². The second kappa shape index (κ2) is 6.71. The summed E-state index contributed by atoms with van der Waals surface area (Å²) in [5, 5.41) is 2.86. The van der Waals surface area contributed by atoms with E-state index in [1.54, 1.807) is 6.07 Å². The Morgan fingerprint density at radius 1 is 1.50 bits per heavy atom. The van der Waals surface area contributed by atoms with Crippen LogP contribution in [-0.2, 0) is 11.2 Å². The Hall–Kier alpha value is -1.60. The van der Waals surface area contributed by atoms with Gasteiger partial charge in [0.05, 0.1) is 5.75 Å². The van der Waals surface area contributed by atoms with E-state index in [0.717, 1.165) is 27.8 Å². The summed E-state index contributed by atoms with van der Waals surface area (Å²) in [6.07, 6.45) is 0.811. The number of nitrogens with one attached hydrogen (secondary N) is 1. The number of benzene rings is 1. The van der Waals surface area contributed by atoms with Crippen molar-refractivity contribution < 1.29 is 4.79 Å². The van der Waals surface area contributed by atoms with Crippen molar-refractivity contribution in [3.63, 3.8) is 0 Å². The summed E-state index contributed by atoms with van der Waals surface area (Å²) in [4.78, 5) is 16.2. The normalized spacial score (nSPS) is 10.5. The molecule has 0 aliphatic rings. The predicted octanol–water partition coefficient (Wildman–Crippen LogP) is 2.72. The molecular weight excluding hydrogens is 292 g/mol. The van der Waals surface area contributed by atoms with Crippen LogP contribution in [0, 0.1) is 6.92 Å². The standard InChI is InChI=1S/C13H16N4OS2/c1-3-11-16-13(20-17-11)19-7-12(18)15-10-6-9(14)5-4-8(10)2/h4-6H,3,7,14H2,1-2H3,(H,15,18). The number of hydrogen-bond acceptors (Lipinski definition) is 6. The van der Waals surface area contributed by atoms with Crippen LogP contribution in [0.15, 0.2) is 22.5 Å². The molecule has 0 unspecified atom stereocenters. The van der Waals surface area contributed by atoms with Gasteiger partial charge in [0.15, 0.2) is 4.34 Å². The Morgan fingerprint density at radius 2 is 2.30 bits per heavy atom. The van der Waals surface area contributed by atoms with E-state index >= 15 is 0 Å². The van der Waals surface area contributed by atoms with Crippen molar-refractivity contribution in [3.05, 3.63) is 29.6 Å². The van der Waals surface area contributed by atoms with Crippen LogP contribution in [0.5, 0.6) is 0 Å². The molecule has 3 N–H and O–H groups in total. The van der Waals surface area contributed by atoms with Crippen molar-refractivity contribution >= 4 is 40.6 Å². The Bertz CT molecular complexity index is 612. The highest BCUT2D eigenvalue weighted by atomic mass is 32.2. The maximum atomic E-state index is 11.9. The fraction of sp³-hybridized carbons (Fsp3) is 0.308. The molecule has 7 heteroatoms. The fourth-order valence-electron chi connectivity index (χ4n) is 1.53.